The van der Waals surface area contributed by atoms with E-state index in [1.807, 2.05) is 13.8 Å². The fraction of sp³-hybridized carbons (Fsp3) is 0.316. The number of carbonyl (C=O) groups excluding carboxylic acids is 1. The second-order valence-electron chi connectivity index (χ2n) is 7.60. The second-order valence-corrected chi connectivity index (χ2v) is 7.60. The van der Waals surface area contributed by atoms with Crippen molar-refractivity contribution in [2.45, 2.75) is 31.9 Å². The van der Waals surface area contributed by atoms with Gasteiger partial charge >= 0.3 is 0 Å². The van der Waals surface area contributed by atoms with Gasteiger partial charge in [0.15, 0.2) is 11.5 Å². The lowest BCUT2D eigenvalue weighted by atomic mass is 9.96. The Morgan fingerprint density at radius 2 is 2.25 bits per heavy atom. The van der Waals surface area contributed by atoms with Crippen LogP contribution in [0.3, 0.4) is 0 Å². The SMILES string of the molecule is C[C@H]1Nc2ccn3nc(N)c(c3n2)C(=O)NCC2(C)Cc3cc(F)cc1c3O2. The number of carbonyl (C=O) groups is 1. The van der Waals surface area contributed by atoms with Gasteiger partial charge in [0.25, 0.3) is 5.91 Å². The number of ether oxygens (including phenoxy) is 1. The first-order valence-corrected chi connectivity index (χ1v) is 9.04. The highest BCUT2D eigenvalue weighted by Gasteiger charge is 2.38. The zero-order valence-corrected chi connectivity index (χ0v) is 15.4. The van der Waals surface area contributed by atoms with E-state index in [4.69, 9.17) is 10.5 Å². The van der Waals surface area contributed by atoms with Crippen LogP contribution >= 0.6 is 0 Å². The topological polar surface area (TPSA) is 107 Å². The Morgan fingerprint density at radius 3 is 3.07 bits per heavy atom. The standard InChI is InChI=1S/C19H19FN6O2/c1-9-12-6-11(20)5-10-7-19(2,28-15(10)12)8-22-18(27)14-16(21)25-26-4-3-13(23-9)24-17(14)26/h3-6,9H,7-8H2,1-2H3,(H2,21,25)(H,22,27)(H,23,24)/t9-,19?/m1/s1. The minimum Gasteiger partial charge on any atom is -0.485 e. The monoisotopic (exact) mass is 382 g/mol. The van der Waals surface area contributed by atoms with E-state index >= 15 is 0 Å². The third-order valence-electron chi connectivity index (χ3n) is 5.27. The molecule has 28 heavy (non-hydrogen) atoms. The number of rotatable bonds is 0. The van der Waals surface area contributed by atoms with Crippen molar-refractivity contribution in [3.8, 4) is 5.75 Å². The summed E-state index contributed by atoms with van der Waals surface area (Å²) < 4.78 is 21.9. The minimum atomic E-state index is -0.693. The van der Waals surface area contributed by atoms with Crippen LogP contribution in [0.15, 0.2) is 24.4 Å². The minimum absolute atomic E-state index is 0.105. The van der Waals surface area contributed by atoms with E-state index in [-0.39, 0.29) is 35.7 Å². The Bertz CT molecular complexity index is 1140. The molecule has 0 fully saturated rings. The van der Waals surface area contributed by atoms with E-state index in [1.54, 1.807) is 12.3 Å². The number of hydrogen-bond acceptors (Lipinski definition) is 6. The number of nitrogens with one attached hydrogen (secondary N) is 2. The van der Waals surface area contributed by atoms with Crippen LogP contribution in [0.1, 0.15) is 41.4 Å². The van der Waals surface area contributed by atoms with Crippen molar-refractivity contribution < 1.29 is 13.9 Å². The third kappa shape index (κ3) is 2.46. The molecule has 2 atom stereocenters. The fourth-order valence-corrected chi connectivity index (χ4v) is 3.93. The summed E-state index contributed by atoms with van der Waals surface area (Å²) in [6.07, 6.45) is 2.16. The highest BCUT2D eigenvalue weighted by molar-refractivity contribution is 6.04. The molecule has 4 bridgehead atoms. The van der Waals surface area contributed by atoms with E-state index in [1.165, 1.54) is 16.6 Å². The maximum atomic E-state index is 14.2. The van der Waals surface area contributed by atoms with Crippen LogP contribution in [-0.2, 0) is 6.42 Å². The predicted molar refractivity (Wildman–Crippen MR) is 101 cm³/mol. The summed E-state index contributed by atoms with van der Waals surface area (Å²) in [6, 6.07) is 4.42. The molecule has 0 aliphatic carbocycles. The van der Waals surface area contributed by atoms with Crippen LogP contribution in [0, 0.1) is 5.82 Å². The second kappa shape index (κ2) is 5.57. The van der Waals surface area contributed by atoms with Crippen LogP contribution in [0.5, 0.6) is 5.75 Å². The number of halogens is 1. The van der Waals surface area contributed by atoms with Gasteiger partial charge in [0.05, 0.1) is 12.6 Å². The summed E-state index contributed by atoms with van der Waals surface area (Å²) in [7, 11) is 0. The summed E-state index contributed by atoms with van der Waals surface area (Å²) >= 11 is 0. The first kappa shape index (κ1) is 16.8. The third-order valence-corrected chi connectivity index (χ3v) is 5.27. The van der Waals surface area contributed by atoms with Crippen molar-refractivity contribution in [1.29, 1.82) is 0 Å². The van der Waals surface area contributed by atoms with Crippen LogP contribution in [0.2, 0.25) is 0 Å². The number of anilines is 2. The molecule has 0 spiro atoms. The molecule has 1 amide bonds. The van der Waals surface area contributed by atoms with E-state index in [2.05, 4.69) is 20.7 Å². The Balaban J connectivity index is 1.69. The molecule has 4 heterocycles. The molecule has 9 heteroatoms. The van der Waals surface area contributed by atoms with E-state index < -0.39 is 5.60 Å². The molecule has 144 valence electrons. The van der Waals surface area contributed by atoms with Gasteiger partial charge in [0, 0.05) is 23.7 Å². The first-order valence-electron chi connectivity index (χ1n) is 9.04. The number of fused-ring (bicyclic) bond motifs is 2. The Morgan fingerprint density at radius 1 is 1.43 bits per heavy atom. The summed E-state index contributed by atoms with van der Waals surface area (Å²) in [4.78, 5) is 17.3. The fourth-order valence-electron chi connectivity index (χ4n) is 3.93. The smallest absolute Gasteiger partial charge is 0.259 e. The molecular weight excluding hydrogens is 363 g/mol. The van der Waals surface area contributed by atoms with Gasteiger partial charge in [-0.15, -0.1) is 5.10 Å². The number of nitrogens with two attached hydrogens (primary N) is 1. The van der Waals surface area contributed by atoms with Gasteiger partial charge in [-0.3, -0.25) is 4.79 Å². The molecule has 0 saturated heterocycles. The zero-order chi connectivity index (χ0) is 19.6. The normalized spacial score (nSPS) is 23.4. The Hall–Kier alpha value is -3.36. The lowest BCUT2D eigenvalue weighted by Crippen LogP contribution is -2.44. The molecule has 2 aliphatic rings. The quantitative estimate of drug-likeness (QED) is 0.550. The van der Waals surface area contributed by atoms with Crippen molar-refractivity contribution >= 4 is 23.2 Å². The number of benzene rings is 1. The van der Waals surface area contributed by atoms with Gasteiger partial charge in [-0.2, -0.15) is 0 Å². The average molecular weight is 382 g/mol. The van der Waals surface area contributed by atoms with Gasteiger partial charge in [0.2, 0.25) is 0 Å². The maximum Gasteiger partial charge on any atom is 0.259 e. The molecule has 3 aromatic rings. The molecule has 1 aromatic carbocycles. The molecule has 2 aromatic heterocycles. The van der Waals surface area contributed by atoms with Crippen molar-refractivity contribution in [1.82, 2.24) is 19.9 Å². The highest BCUT2D eigenvalue weighted by atomic mass is 19.1. The molecule has 5 rings (SSSR count). The van der Waals surface area contributed by atoms with Crippen LogP contribution in [-0.4, -0.2) is 32.7 Å². The van der Waals surface area contributed by atoms with Crippen molar-refractivity contribution in [2.24, 2.45) is 0 Å². The molecule has 2 aliphatic heterocycles. The van der Waals surface area contributed by atoms with E-state index in [0.717, 1.165) is 5.56 Å². The number of nitrogens with zero attached hydrogens (tertiary/aromatic N) is 3. The van der Waals surface area contributed by atoms with Crippen LogP contribution in [0.25, 0.3) is 5.65 Å². The zero-order valence-electron chi connectivity index (χ0n) is 15.4. The lowest BCUT2D eigenvalue weighted by Gasteiger charge is -2.25. The van der Waals surface area contributed by atoms with Gasteiger partial charge in [-0.05, 0) is 32.0 Å². The van der Waals surface area contributed by atoms with E-state index in [0.29, 0.717) is 29.2 Å². The van der Waals surface area contributed by atoms with E-state index in [9.17, 15) is 9.18 Å². The first-order chi connectivity index (χ1) is 13.3. The predicted octanol–water partition coefficient (Wildman–Crippen LogP) is 2.06. The number of amides is 1. The number of nitrogen functional groups attached to an aromatic ring is 1. The van der Waals surface area contributed by atoms with Crippen molar-refractivity contribution in [2.75, 3.05) is 17.6 Å². The molecule has 8 nitrogen and oxygen atoms in total. The Labute approximate surface area is 159 Å². The van der Waals surface area contributed by atoms with Gasteiger partial charge in [-0.1, -0.05) is 0 Å². The summed E-state index contributed by atoms with van der Waals surface area (Å²) in [6.45, 7) is 4.04. The molecule has 4 N–H and O–H groups in total. The molecule has 0 radical (unpaired) electrons. The maximum absolute atomic E-state index is 14.2. The summed E-state index contributed by atoms with van der Waals surface area (Å²) in [5.74, 6) is 0.582. The summed E-state index contributed by atoms with van der Waals surface area (Å²) in [5.41, 5.74) is 7.34. The molecule has 0 saturated carbocycles. The lowest BCUT2D eigenvalue weighted by molar-refractivity contribution is 0.0840. The Kier molecular flexibility index (Phi) is 3.34. The number of hydrogen-bond donors (Lipinski definition) is 3. The van der Waals surface area contributed by atoms with Crippen LogP contribution < -0.4 is 21.1 Å². The van der Waals surface area contributed by atoms with Gasteiger partial charge < -0.3 is 21.1 Å². The number of aromatic nitrogens is 3. The highest BCUT2D eigenvalue weighted by Crippen LogP contribution is 2.41. The van der Waals surface area contributed by atoms with Gasteiger partial charge in [-0.25, -0.2) is 13.9 Å². The largest absolute Gasteiger partial charge is 0.485 e. The van der Waals surface area contributed by atoms with Crippen molar-refractivity contribution in [3.05, 3.63) is 46.9 Å². The molecular formula is C19H19FN6O2. The van der Waals surface area contributed by atoms with Gasteiger partial charge in [0.1, 0.15) is 28.5 Å². The average Bonchev–Trinajstić information content (AvgIpc) is 3.14. The summed E-state index contributed by atoms with van der Waals surface area (Å²) in [5, 5.41) is 10.3. The van der Waals surface area contributed by atoms with Crippen molar-refractivity contribution in [3.63, 3.8) is 0 Å². The van der Waals surface area contributed by atoms with Crippen LogP contribution in [0.4, 0.5) is 16.0 Å². The molecule has 1 unspecified atom stereocenters.